The van der Waals surface area contributed by atoms with Crippen LogP contribution in [-0.2, 0) is 6.54 Å². The number of urea groups is 1. The molecule has 0 aromatic carbocycles. The van der Waals surface area contributed by atoms with Crippen LogP contribution in [0.1, 0.15) is 26.7 Å². The predicted octanol–water partition coefficient (Wildman–Crippen LogP) is 1.12. The normalized spacial score (nSPS) is 11.7. The molecule has 21 heavy (non-hydrogen) atoms. The van der Waals surface area contributed by atoms with Crippen LogP contribution in [0.15, 0.2) is 12.3 Å². The number of nitrogens with one attached hydrogen (secondary N) is 2. The molecule has 0 spiro atoms. The Morgan fingerprint density at radius 3 is 2.62 bits per heavy atom. The van der Waals surface area contributed by atoms with Gasteiger partial charge in [-0.2, -0.15) is 5.10 Å². The van der Waals surface area contributed by atoms with Crippen LogP contribution in [0, 0.1) is 0 Å². The second-order valence-corrected chi connectivity index (χ2v) is 5.49. The lowest BCUT2D eigenvalue weighted by Crippen LogP contribution is -2.52. The van der Waals surface area contributed by atoms with Crippen LogP contribution in [0.3, 0.4) is 0 Å². The Morgan fingerprint density at radius 1 is 1.43 bits per heavy atom. The molecule has 7 heteroatoms. The van der Waals surface area contributed by atoms with Gasteiger partial charge >= 0.3 is 6.03 Å². The average Bonchev–Trinajstić information content (AvgIpc) is 2.90. The topological polar surface area (TPSA) is 82.4 Å². The fourth-order valence-corrected chi connectivity index (χ4v) is 1.93. The highest BCUT2D eigenvalue weighted by atomic mass is 16.3. The second-order valence-electron chi connectivity index (χ2n) is 5.49. The third kappa shape index (κ3) is 5.35. The van der Waals surface area contributed by atoms with Crippen LogP contribution in [0.25, 0.3) is 0 Å². The number of rotatable bonds is 8. The summed E-state index contributed by atoms with van der Waals surface area (Å²) in [5.41, 5.74) is -0.572. The molecule has 1 aromatic rings. The zero-order chi connectivity index (χ0) is 15.9. The molecule has 0 radical (unpaired) electrons. The van der Waals surface area contributed by atoms with Crippen molar-refractivity contribution in [3.63, 3.8) is 0 Å². The highest BCUT2D eigenvalue weighted by molar-refractivity contribution is 5.88. The number of aromatic nitrogens is 2. The minimum absolute atomic E-state index is 0.0787. The molecule has 7 nitrogen and oxygen atoms in total. The zero-order valence-electron chi connectivity index (χ0n) is 13.4. The third-order valence-electron chi connectivity index (χ3n) is 3.69. The van der Waals surface area contributed by atoms with Crippen molar-refractivity contribution in [1.29, 1.82) is 0 Å². The number of anilines is 1. The molecule has 1 aromatic heterocycles. The maximum atomic E-state index is 12.0. The highest BCUT2D eigenvalue weighted by Gasteiger charge is 2.27. The quantitative estimate of drug-likeness (QED) is 0.671. The van der Waals surface area contributed by atoms with E-state index < -0.39 is 5.54 Å². The molecule has 0 atom stereocenters. The summed E-state index contributed by atoms with van der Waals surface area (Å²) in [6.07, 6.45) is 3.17. The van der Waals surface area contributed by atoms with E-state index in [2.05, 4.69) is 20.6 Å². The second kappa shape index (κ2) is 7.99. The van der Waals surface area contributed by atoms with Crippen LogP contribution in [0.2, 0.25) is 0 Å². The van der Waals surface area contributed by atoms with Gasteiger partial charge in [0.2, 0.25) is 0 Å². The molecule has 0 aliphatic carbocycles. The Labute approximate surface area is 126 Å². The summed E-state index contributed by atoms with van der Waals surface area (Å²) in [5.74, 6) is 0.505. The number of aliphatic hydroxyl groups excluding tert-OH is 1. The smallest absolute Gasteiger partial charge is 0.320 e. The molecule has 0 aliphatic heterocycles. The standard InChI is InChI=1S/C14H27N5O2/c1-5-14(6-2,11-20)16-13(21)15-12-7-8-19(17-12)10-9-18(3)4/h7-8,20H,5-6,9-11H2,1-4H3,(H2,15,16,17,21). The van der Waals surface area contributed by atoms with E-state index in [1.54, 1.807) is 10.7 Å². The average molecular weight is 297 g/mol. The number of hydrogen-bond donors (Lipinski definition) is 3. The lowest BCUT2D eigenvalue weighted by molar-refractivity contribution is 0.155. The summed E-state index contributed by atoms with van der Waals surface area (Å²) in [6.45, 7) is 5.45. The van der Waals surface area contributed by atoms with Gasteiger partial charge in [-0.1, -0.05) is 13.8 Å². The Hall–Kier alpha value is -1.60. The molecule has 120 valence electrons. The third-order valence-corrected chi connectivity index (χ3v) is 3.69. The lowest BCUT2D eigenvalue weighted by atomic mass is 9.94. The van der Waals surface area contributed by atoms with E-state index in [0.717, 1.165) is 13.1 Å². The molecule has 1 rings (SSSR count). The summed E-state index contributed by atoms with van der Waals surface area (Å²) in [5, 5.41) is 19.3. The lowest BCUT2D eigenvalue weighted by Gasteiger charge is -2.30. The maximum Gasteiger partial charge on any atom is 0.320 e. The van der Waals surface area contributed by atoms with Crippen molar-refractivity contribution in [2.24, 2.45) is 0 Å². The van der Waals surface area contributed by atoms with Crippen molar-refractivity contribution in [3.8, 4) is 0 Å². The molecule has 0 unspecified atom stereocenters. The fourth-order valence-electron chi connectivity index (χ4n) is 1.93. The predicted molar refractivity (Wildman–Crippen MR) is 83.3 cm³/mol. The van der Waals surface area contributed by atoms with E-state index in [4.69, 9.17) is 0 Å². The molecule has 0 saturated heterocycles. The SMILES string of the molecule is CCC(CC)(CO)NC(=O)Nc1ccn(CCN(C)C)n1. The number of aliphatic hydroxyl groups is 1. The molecule has 0 aliphatic rings. The Balaban J connectivity index is 2.55. The minimum Gasteiger partial charge on any atom is -0.394 e. The summed E-state index contributed by atoms with van der Waals surface area (Å²) in [6, 6.07) is 1.42. The first-order chi connectivity index (χ1) is 9.94. The highest BCUT2D eigenvalue weighted by Crippen LogP contribution is 2.14. The van der Waals surface area contributed by atoms with Crippen LogP contribution in [-0.4, -0.2) is 58.6 Å². The van der Waals surface area contributed by atoms with Gasteiger partial charge in [0, 0.05) is 18.8 Å². The van der Waals surface area contributed by atoms with E-state index >= 15 is 0 Å². The van der Waals surface area contributed by atoms with E-state index in [0.29, 0.717) is 18.7 Å². The molecular formula is C14H27N5O2. The molecular weight excluding hydrogens is 270 g/mol. The monoisotopic (exact) mass is 297 g/mol. The van der Waals surface area contributed by atoms with E-state index in [9.17, 15) is 9.90 Å². The van der Waals surface area contributed by atoms with E-state index in [1.807, 2.05) is 34.1 Å². The first kappa shape index (κ1) is 17.5. The van der Waals surface area contributed by atoms with Crippen LogP contribution in [0.4, 0.5) is 10.6 Å². The first-order valence-corrected chi connectivity index (χ1v) is 7.33. The number of nitrogens with zero attached hydrogens (tertiary/aromatic N) is 3. The molecule has 0 bridgehead atoms. The van der Waals surface area contributed by atoms with Gasteiger partial charge in [-0.3, -0.25) is 10.00 Å². The number of carbonyl (C=O) groups is 1. The van der Waals surface area contributed by atoms with Gasteiger partial charge in [-0.15, -0.1) is 0 Å². The molecule has 0 fully saturated rings. The van der Waals surface area contributed by atoms with Crippen molar-refractivity contribution >= 4 is 11.8 Å². The largest absolute Gasteiger partial charge is 0.394 e. The zero-order valence-corrected chi connectivity index (χ0v) is 13.4. The number of likely N-dealkylation sites (N-methyl/N-ethyl adjacent to an activating group) is 1. The fraction of sp³-hybridized carbons (Fsp3) is 0.714. The summed E-state index contributed by atoms with van der Waals surface area (Å²) < 4.78 is 1.79. The summed E-state index contributed by atoms with van der Waals surface area (Å²) >= 11 is 0. The van der Waals surface area contributed by atoms with E-state index in [-0.39, 0.29) is 12.6 Å². The summed E-state index contributed by atoms with van der Waals surface area (Å²) in [7, 11) is 4.00. The Kier molecular flexibility index (Phi) is 6.64. The van der Waals surface area contributed by atoms with Gasteiger partial charge in [-0.05, 0) is 26.9 Å². The van der Waals surface area contributed by atoms with Crippen molar-refractivity contribution in [1.82, 2.24) is 20.0 Å². The molecule has 0 saturated carbocycles. The van der Waals surface area contributed by atoms with Gasteiger partial charge in [-0.25, -0.2) is 4.79 Å². The maximum absolute atomic E-state index is 12.0. The summed E-state index contributed by atoms with van der Waals surface area (Å²) in [4.78, 5) is 14.1. The van der Waals surface area contributed by atoms with Gasteiger partial charge in [0.1, 0.15) is 0 Å². The van der Waals surface area contributed by atoms with Crippen molar-refractivity contribution in [2.45, 2.75) is 38.8 Å². The van der Waals surface area contributed by atoms with Gasteiger partial charge in [0.05, 0.1) is 18.7 Å². The van der Waals surface area contributed by atoms with Crippen LogP contribution in [0.5, 0.6) is 0 Å². The van der Waals surface area contributed by atoms with Crippen molar-refractivity contribution < 1.29 is 9.90 Å². The minimum atomic E-state index is -0.572. The van der Waals surface area contributed by atoms with Gasteiger partial charge in [0.25, 0.3) is 0 Å². The van der Waals surface area contributed by atoms with Crippen molar-refractivity contribution in [2.75, 3.05) is 32.6 Å². The molecule has 1 heterocycles. The number of hydrogen-bond acceptors (Lipinski definition) is 4. The Bertz CT molecular complexity index is 432. The van der Waals surface area contributed by atoms with Crippen LogP contribution >= 0.6 is 0 Å². The number of amides is 2. The van der Waals surface area contributed by atoms with E-state index in [1.165, 1.54) is 0 Å². The van der Waals surface area contributed by atoms with Gasteiger partial charge < -0.3 is 15.3 Å². The molecule has 2 amide bonds. The first-order valence-electron chi connectivity index (χ1n) is 7.33. The van der Waals surface area contributed by atoms with Gasteiger partial charge in [0.15, 0.2) is 5.82 Å². The number of carbonyl (C=O) groups excluding carboxylic acids is 1. The van der Waals surface area contributed by atoms with Crippen LogP contribution < -0.4 is 10.6 Å². The molecule has 3 N–H and O–H groups in total. The van der Waals surface area contributed by atoms with Crippen molar-refractivity contribution in [3.05, 3.63) is 12.3 Å². The Morgan fingerprint density at radius 2 is 2.10 bits per heavy atom.